The summed E-state index contributed by atoms with van der Waals surface area (Å²) in [6.07, 6.45) is 1.64. The van der Waals surface area contributed by atoms with Crippen LogP contribution in [0.5, 0.6) is 5.75 Å². The molecule has 0 bridgehead atoms. The van der Waals surface area contributed by atoms with Crippen molar-refractivity contribution in [3.63, 3.8) is 0 Å². The fourth-order valence-corrected chi connectivity index (χ4v) is 2.44. The van der Waals surface area contributed by atoms with Gasteiger partial charge in [-0.25, -0.2) is 8.78 Å². The van der Waals surface area contributed by atoms with Crippen molar-refractivity contribution >= 4 is 17.5 Å². The molecule has 7 heteroatoms. The van der Waals surface area contributed by atoms with Crippen LogP contribution >= 0.6 is 11.6 Å². The average molecular weight is 324 g/mol. The van der Waals surface area contributed by atoms with E-state index in [0.29, 0.717) is 6.07 Å². The Balaban J connectivity index is 2.82. The van der Waals surface area contributed by atoms with Gasteiger partial charge in [0.1, 0.15) is 0 Å². The molecule has 2 N–H and O–H groups in total. The number of aromatic hydroxyl groups is 1. The Morgan fingerprint density at radius 1 is 1.29 bits per heavy atom. The predicted octanol–water partition coefficient (Wildman–Crippen LogP) is 3.58. The highest BCUT2D eigenvalue weighted by Crippen LogP contribution is 2.26. The summed E-state index contributed by atoms with van der Waals surface area (Å²) >= 11 is 6.11. The number of hydrogen-bond acceptors (Lipinski definition) is 2. The van der Waals surface area contributed by atoms with E-state index in [4.69, 9.17) is 16.7 Å². The predicted molar refractivity (Wildman–Crippen MR) is 74.0 cm³/mol. The molecule has 0 radical (unpaired) electrons. The zero-order valence-corrected chi connectivity index (χ0v) is 12.5. The van der Waals surface area contributed by atoms with Crippen LogP contribution in [0.1, 0.15) is 37.0 Å². The van der Waals surface area contributed by atoms with Crippen molar-refractivity contribution in [2.24, 2.45) is 5.92 Å². The van der Waals surface area contributed by atoms with Crippen LogP contribution in [-0.4, -0.2) is 22.9 Å². The van der Waals surface area contributed by atoms with Gasteiger partial charge in [-0.1, -0.05) is 26.7 Å². The number of rotatable bonds is 6. The first kappa shape index (κ1) is 17.6. The van der Waals surface area contributed by atoms with Gasteiger partial charge in [0.05, 0.1) is 10.9 Å². The molecule has 1 amide bonds. The molecule has 1 rings (SSSR count). The van der Waals surface area contributed by atoms with Crippen LogP contribution in [0.2, 0.25) is 0 Å². The van der Waals surface area contributed by atoms with E-state index in [0.717, 1.165) is 12.8 Å². The van der Waals surface area contributed by atoms with Gasteiger partial charge in [0.25, 0.3) is 5.91 Å². The summed E-state index contributed by atoms with van der Waals surface area (Å²) < 4.78 is 39.6. The molecule has 0 spiro atoms. The Kier molecular flexibility index (Phi) is 6.33. The number of halogens is 4. The minimum absolute atomic E-state index is 0.0614. The number of carbonyl (C=O) groups is 1. The summed E-state index contributed by atoms with van der Waals surface area (Å²) in [4.78, 5) is 11.8. The molecule has 0 saturated carbocycles. The first-order valence-electron chi connectivity index (χ1n) is 6.62. The maximum absolute atomic E-state index is 13.6. The van der Waals surface area contributed by atoms with E-state index >= 15 is 0 Å². The zero-order chi connectivity index (χ0) is 16.2. The summed E-state index contributed by atoms with van der Waals surface area (Å²) in [5.74, 6) is -7.02. The molecule has 0 aliphatic heterocycles. The molecule has 1 unspecified atom stereocenters. The average Bonchev–Trinajstić information content (AvgIpc) is 2.47. The Labute approximate surface area is 126 Å². The monoisotopic (exact) mass is 323 g/mol. The Morgan fingerprint density at radius 2 is 1.86 bits per heavy atom. The molecule has 0 saturated heterocycles. The van der Waals surface area contributed by atoms with E-state index in [2.05, 4.69) is 5.32 Å². The molecule has 21 heavy (non-hydrogen) atoms. The fraction of sp³-hybridized carbons (Fsp3) is 0.500. The van der Waals surface area contributed by atoms with Crippen molar-refractivity contribution in [3.8, 4) is 5.75 Å². The van der Waals surface area contributed by atoms with Crippen LogP contribution in [0.25, 0.3) is 0 Å². The molecule has 0 heterocycles. The van der Waals surface area contributed by atoms with Gasteiger partial charge in [-0.05, 0) is 12.0 Å². The van der Waals surface area contributed by atoms with Crippen molar-refractivity contribution in [1.82, 2.24) is 5.32 Å². The third-order valence-electron chi connectivity index (χ3n) is 3.40. The standard InChI is InChI=1S/C14H17ClF3NO2/c1-3-7(4-2)9(15)6-19-14(21)8-5-10(16)12(18)13(20)11(8)17/h5,7,9,20H,3-4,6H2,1-2H3,(H,19,21). The van der Waals surface area contributed by atoms with Crippen LogP contribution in [0, 0.1) is 23.4 Å². The van der Waals surface area contributed by atoms with Crippen molar-refractivity contribution in [1.29, 1.82) is 0 Å². The zero-order valence-electron chi connectivity index (χ0n) is 11.7. The molecule has 0 fully saturated rings. The van der Waals surface area contributed by atoms with Gasteiger partial charge < -0.3 is 10.4 Å². The SMILES string of the molecule is CCC(CC)C(Cl)CNC(=O)c1cc(F)c(F)c(O)c1F. The van der Waals surface area contributed by atoms with Crippen LogP contribution in [-0.2, 0) is 0 Å². The number of phenols is 1. The number of hydrogen-bond donors (Lipinski definition) is 2. The van der Waals surface area contributed by atoms with Gasteiger partial charge in [-0.15, -0.1) is 11.6 Å². The van der Waals surface area contributed by atoms with Crippen LogP contribution in [0.15, 0.2) is 6.07 Å². The lowest BCUT2D eigenvalue weighted by molar-refractivity contribution is 0.0945. The molecular weight excluding hydrogens is 307 g/mol. The lowest BCUT2D eigenvalue weighted by Crippen LogP contribution is -2.33. The van der Waals surface area contributed by atoms with E-state index in [1.807, 2.05) is 13.8 Å². The second-order valence-electron chi connectivity index (χ2n) is 4.69. The third kappa shape index (κ3) is 4.03. The number of benzene rings is 1. The van der Waals surface area contributed by atoms with E-state index in [9.17, 15) is 18.0 Å². The maximum atomic E-state index is 13.6. The second kappa shape index (κ2) is 7.54. The van der Waals surface area contributed by atoms with Crippen molar-refractivity contribution in [3.05, 3.63) is 29.1 Å². The van der Waals surface area contributed by atoms with E-state index in [1.54, 1.807) is 0 Å². The molecule has 3 nitrogen and oxygen atoms in total. The first-order valence-corrected chi connectivity index (χ1v) is 7.05. The van der Waals surface area contributed by atoms with Gasteiger partial charge in [0.2, 0.25) is 5.82 Å². The third-order valence-corrected chi connectivity index (χ3v) is 3.91. The number of amides is 1. The van der Waals surface area contributed by atoms with E-state index in [-0.39, 0.29) is 17.8 Å². The molecule has 0 aromatic heterocycles. The largest absolute Gasteiger partial charge is 0.503 e. The summed E-state index contributed by atoms with van der Waals surface area (Å²) in [6, 6.07) is 0.403. The Hall–Kier alpha value is -1.43. The first-order chi connectivity index (χ1) is 9.83. The summed E-state index contributed by atoms with van der Waals surface area (Å²) in [6.45, 7) is 3.97. The number of nitrogens with one attached hydrogen (secondary N) is 1. The van der Waals surface area contributed by atoms with E-state index in [1.165, 1.54) is 0 Å². The topological polar surface area (TPSA) is 49.3 Å². The molecule has 1 aromatic carbocycles. The summed E-state index contributed by atoms with van der Waals surface area (Å²) in [5, 5.41) is 11.1. The summed E-state index contributed by atoms with van der Waals surface area (Å²) in [5.41, 5.74) is -0.764. The Morgan fingerprint density at radius 3 is 2.38 bits per heavy atom. The van der Waals surface area contributed by atoms with Crippen molar-refractivity contribution < 1.29 is 23.1 Å². The number of alkyl halides is 1. The highest BCUT2D eigenvalue weighted by Gasteiger charge is 2.23. The van der Waals surface area contributed by atoms with Gasteiger partial charge in [0, 0.05) is 6.54 Å². The van der Waals surface area contributed by atoms with Crippen LogP contribution in [0.4, 0.5) is 13.2 Å². The molecule has 0 aliphatic rings. The minimum atomic E-state index is -1.73. The molecular formula is C14H17ClF3NO2. The summed E-state index contributed by atoms with van der Waals surface area (Å²) in [7, 11) is 0. The second-order valence-corrected chi connectivity index (χ2v) is 5.25. The van der Waals surface area contributed by atoms with Crippen molar-refractivity contribution in [2.45, 2.75) is 32.1 Å². The van der Waals surface area contributed by atoms with E-state index < -0.39 is 34.7 Å². The fourth-order valence-electron chi connectivity index (χ4n) is 2.01. The quantitative estimate of drug-likeness (QED) is 0.621. The van der Waals surface area contributed by atoms with Crippen LogP contribution in [0.3, 0.4) is 0 Å². The highest BCUT2D eigenvalue weighted by molar-refractivity contribution is 6.21. The molecule has 118 valence electrons. The van der Waals surface area contributed by atoms with Gasteiger partial charge in [0.15, 0.2) is 17.4 Å². The van der Waals surface area contributed by atoms with Gasteiger partial charge in [-0.3, -0.25) is 4.79 Å². The molecule has 1 atom stereocenters. The van der Waals surface area contributed by atoms with Gasteiger partial charge in [-0.2, -0.15) is 4.39 Å². The Bertz CT molecular complexity index is 521. The normalized spacial score (nSPS) is 12.5. The molecule has 0 aliphatic carbocycles. The lowest BCUT2D eigenvalue weighted by atomic mass is 9.99. The highest BCUT2D eigenvalue weighted by atomic mass is 35.5. The van der Waals surface area contributed by atoms with Crippen molar-refractivity contribution in [2.75, 3.05) is 6.54 Å². The molecule has 1 aromatic rings. The smallest absolute Gasteiger partial charge is 0.254 e. The maximum Gasteiger partial charge on any atom is 0.254 e. The lowest BCUT2D eigenvalue weighted by Gasteiger charge is -2.19. The number of carbonyl (C=O) groups excluding carboxylic acids is 1. The minimum Gasteiger partial charge on any atom is -0.503 e. The van der Waals surface area contributed by atoms with Crippen LogP contribution < -0.4 is 5.32 Å². The number of phenolic OH excluding ortho intramolecular Hbond substituents is 1. The van der Waals surface area contributed by atoms with Gasteiger partial charge >= 0.3 is 0 Å².